The van der Waals surface area contributed by atoms with E-state index in [2.05, 4.69) is 0 Å². The van der Waals surface area contributed by atoms with Gasteiger partial charge in [0.15, 0.2) is 0 Å². The lowest BCUT2D eigenvalue weighted by atomic mass is 10.1. The second-order valence-corrected chi connectivity index (χ2v) is 5.08. The lowest BCUT2D eigenvalue weighted by Crippen LogP contribution is -2.40. The summed E-state index contributed by atoms with van der Waals surface area (Å²) in [5.74, 6) is -0.345. The van der Waals surface area contributed by atoms with Crippen LogP contribution in [0.15, 0.2) is 12.1 Å². The zero-order valence-corrected chi connectivity index (χ0v) is 11.3. The first-order chi connectivity index (χ1) is 9.40. The SMILES string of the molecule is Nc1c(Cl)cc(C(=O)N2CCC(O)CC2)cc1[N+](=O)[O-]. The van der Waals surface area contributed by atoms with Gasteiger partial charge >= 0.3 is 0 Å². The highest BCUT2D eigenvalue weighted by Crippen LogP contribution is 2.31. The summed E-state index contributed by atoms with van der Waals surface area (Å²) in [6, 6.07) is 2.46. The van der Waals surface area contributed by atoms with Crippen LogP contribution < -0.4 is 5.73 Å². The fraction of sp³-hybridized carbons (Fsp3) is 0.417. The van der Waals surface area contributed by atoms with Gasteiger partial charge in [0, 0.05) is 24.7 Å². The molecule has 1 fully saturated rings. The van der Waals surface area contributed by atoms with Gasteiger partial charge in [-0.1, -0.05) is 11.6 Å². The standard InChI is InChI=1S/C12H14ClN3O4/c13-9-5-7(6-10(11(9)14)16(19)20)12(18)15-3-1-8(17)2-4-15/h5-6,8,17H,1-4,14H2. The van der Waals surface area contributed by atoms with Crippen molar-refractivity contribution < 1.29 is 14.8 Å². The maximum atomic E-state index is 12.3. The Morgan fingerprint density at radius 3 is 2.60 bits per heavy atom. The van der Waals surface area contributed by atoms with Gasteiger partial charge in [0.2, 0.25) is 0 Å². The third-order valence-electron chi connectivity index (χ3n) is 3.30. The first kappa shape index (κ1) is 14.5. The number of aliphatic hydroxyl groups excluding tert-OH is 1. The molecule has 1 aliphatic rings. The van der Waals surface area contributed by atoms with E-state index in [0.29, 0.717) is 25.9 Å². The lowest BCUT2D eigenvalue weighted by Gasteiger charge is -2.29. The van der Waals surface area contributed by atoms with E-state index in [1.54, 1.807) is 0 Å². The summed E-state index contributed by atoms with van der Waals surface area (Å²) in [5, 5.41) is 20.3. The molecule has 0 saturated carbocycles. The van der Waals surface area contributed by atoms with Crippen LogP contribution in [-0.2, 0) is 0 Å². The molecule has 0 aliphatic carbocycles. The number of hydrogen-bond acceptors (Lipinski definition) is 5. The maximum absolute atomic E-state index is 12.3. The molecular weight excluding hydrogens is 286 g/mol. The second-order valence-electron chi connectivity index (χ2n) is 4.67. The number of aliphatic hydroxyl groups is 1. The first-order valence-electron chi connectivity index (χ1n) is 6.11. The Hall–Kier alpha value is -1.86. The highest BCUT2D eigenvalue weighted by Gasteiger charge is 2.25. The van der Waals surface area contributed by atoms with Crippen LogP contribution in [0.4, 0.5) is 11.4 Å². The highest BCUT2D eigenvalue weighted by atomic mass is 35.5. The van der Waals surface area contributed by atoms with Gasteiger partial charge in [-0.25, -0.2) is 0 Å². The van der Waals surface area contributed by atoms with Gasteiger partial charge in [-0.3, -0.25) is 14.9 Å². The Kier molecular flexibility index (Phi) is 4.10. The number of carbonyl (C=O) groups is 1. The van der Waals surface area contributed by atoms with Crippen molar-refractivity contribution in [1.29, 1.82) is 0 Å². The molecule has 0 spiro atoms. The molecule has 2 rings (SSSR count). The van der Waals surface area contributed by atoms with Crippen molar-refractivity contribution in [3.63, 3.8) is 0 Å². The zero-order chi connectivity index (χ0) is 14.9. The quantitative estimate of drug-likeness (QED) is 0.487. The molecule has 108 valence electrons. The number of halogens is 1. The van der Waals surface area contributed by atoms with Crippen molar-refractivity contribution >= 4 is 28.9 Å². The van der Waals surface area contributed by atoms with Crippen LogP contribution in [0, 0.1) is 10.1 Å². The van der Waals surface area contributed by atoms with Crippen LogP contribution in [0.25, 0.3) is 0 Å². The van der Waals surface area contributed by atoms with E-state index in [4.69, 9.17) is 17.3 Å². The second kappa shape index (κ2) is 5.64. The minimum atomic E-state index is -0.669. The van der Waals surface area contributed by atoms with E-state index in [1.807, 2.05) is 0 Å². The largest absolute Gasteiger partial charge is 0.393 e. The highest BCUT2D eigenvalue weighted by molar-refractivity contribution is 6.34. The molecule has 0 atom stereocenters. The number of nitrogens with two attached hydrogens (primary N) is 1. The average molecular weight is 300 g/mol. The van der Waals surface area contributed by atoms with Crippen molar-refractivity contribution in [3.8, 4) is 0 Å². The number of amides is 1. The van der Waals surface area contributed by atoms with Crippen molar-refractivity contribution in [3.05, 3.63) is 32.8 Å². The number of hydrogen-bond donors (Lipinski definition) is 2. The number of nitro groups is 1. The number of nitrogens with zero attached hydrogens (tertiary/aromatic N) is 2. The monoisotopic (exact) mass is 299 g/mol. The van der Waals surface area contributed by atoms with E-state index in [9.17, 15) is 20.0 Å². The summed E-state index contributed by atoms with van der Waals surface area (Å²) in [4.78, 5) is 24.0. The Morgan fingerprint density at radius 2 is 2.05 bits per heavy atom. The maximum Gasteiger partial charge on any atom is 0.294 e. The molecule has 8 heteroatoms. The molecule has 7 nitrogen and oxygen atoms in total. The molecule has 1 heterocycles. The van der Waals surface area contributed by atoms with Gasteiger partial charge in [-0.05, 0) is 18.9 Å². The third kappa shape index (κ3) is 2.83. The minimum Gasteiger partial charge on any atom is -0.393 e. The van der Waals surface area contributed by atoms with Gasteiger partial charge in [0.1, 0.15) is 5.69 Å². The molecule has 1 aromatic carbocycles. The Bertz CT molecular complexity index is 556. The summed E-state index contributed by atoms with van der Waals surface area (Å²) in [5.41, 5.74) is 5.12. The van der Waals surface area contributed by atoms with Gasteiger partial charge in [-0.2, -0.15) is 0 Å². The molecule has 1 amide bonds. The number of carbonyl (C=O) groups excluding carboxylic acids is 1. The number of likely N-dealkylation sites (tertiary alicyclic amines) is 1. The van der Waals surface area contributed by atoms with Gasteiger partial charge in [-0.15, -0.1) is 0 Å². The Morgan fingerprint density at radius 1 is 1.45 bits per heavy atom. The number of piperidine rings is 1. The summed E-state index contributed by atoms with van der Waals surface area (Å²) >= 11 is 5.83. The number of benzene rings is 1. The molecule has 1 aliphatic heterocycles. The van der Waals surface area contributed by atoms with Crippen molar-refractivity contribution in [2.45, 2.75) is 18.9 Å². The van der Waals surface area contributed by atoms with Crippen molar-refractivity contribution in [1.82, 2.24) is 4.90 Å². The van der Waals surface area contributed by atoms with Crippen molar-refractivity contribution in [2.24, 2.45) is 0 Å². The molecule has 20 heavy (non-hydrogen) atoms. The van der Waals surface area contributed by atoms with Crippen LogP contribution in [0.2, 0.25) is 5.02 Å². The lowest BCUT2D eigenvalue weighted by molar-refractivity contribution is -0.383. The Labute approximate surface area is 120 Å². The fourth-order valence-electron chi connectivity index (χ4n) is 2.13. The number of anilines is 1. The molecule has 3 N–H and O–H groups in total. The van der Waals surface area contributed by atoms with Gasteiger partial charge < -0.3 is 15.7 Å². The fourth-order valence-corrected chi connectivity index (χ4v) is 2.34. The molecular formula is C12H14ClN3O4. The molecule has 0 radical (unpaired) electrons. The third-order valence-corrected chi connectivity index (χ3v) is 3.62. The van der Waals surface area contributed by atoms with Gasteiger partial charge in [0.25, 0.3) is 11.6 Å². The topological polar surface area (TPSA) is 110 Å². The van der Waals surface area contributed by atoms with Gasteiger partial charge in [0.05, 0.1) is 16.0 Å². The van der Waals surface area contributed by atoms with Crippen LogP contribution in [0.1, 0.15) is 23.2 Å². The summed E-state index contributed by atoms with van der Waals surface area (Å²) in [7, 11) is 0. The van der Waals surface area contributed by atoms with E-state index in [1.165, 1.54) is 11.0 Å². The van der Waals surface area contributed by atoms with Crippen LogP contribution in [-0.4, -0.2) is 40.0 Å². The van der Waals surface area contributed by atoms with E-state index in [0.717, 1.165) is 6.07 Å². The number of nitrogen functional groups attached to an aromatic ring is 1. The summed E-state index contributed by atoms with van der Waals surface area (Å²) in [6.45, 7) is 0.825. The molecule has 1 saturated heterocycles. The number of nitro benzene ring substituents is 1. The summed E-state index contributed by atoms with van der Waals surface area (Å²) in [6.07, 6.45) is 0.593. The van der Waals surface area contributed by atoms with E-state index < -0.39 is 11.0 Å². The Balaban J connectivity index is 2.28. The molecule has 0 unspecified atom stereocenters. The molecule has 0 aromatic heterocycles. The number of rotatable bonds is 2. The van der Waals surface area contributed by atoms with Crippen LogP contribution in [0.3, 0.4) is 0 Å². The average Bonchev–Trinajstić information content (AvgIpc) is 2.41. The predicted octanol–water partition coefficient (Wildman–Crippen LogP) is 1.43. The zero-order valence-electron chi connectivity index (χ0n) is 10.6. The van der Waals surface area contributed by atoms with E-state index in [-0.39, 0.29) is 27.9 Å². The normalized spacial score (nSPS) is 16.2. The minimum absolute atomic E-state index is 0.0143. The molecule has 0 bridgehead atoms. The predicted molar refractivity (Wildman–Crippen MR) is 73.7 cm³/mol. The van der Waals surface area contributed by atoms with Crippen LogP contribution in [0.5, 0.6) is 0 Å². The first-order valence-corrected chi connectivity index (χ1v) is 6.48. The molecule has 1 aromatic rings. The smallest absolute Gasteiger partial charge is 0.294 e. The van der Waals surface area contributed by atoms with Crippen LogP contribution >= 0.6 is 11.6 Å². The van der Waals surface area contributed by atoms with Crippen molar-refractivity contribution in [2.75, 3.05) is 18.8 Å². The van der Waals surface area contributed by atoms with E-state index >= 15 is 0 Å². The summed E-state index contributed by atoms with van der Waals surface area (Å²) < 4.78 is 0.